The summed E-state index contributed by atoms with van der Waals surface area (Å²) in [5.41, 5.74) is 0. The highest BCUT2D eigenvalue weighted by molar-refractivity contribution is 5.69. The lowest BCUT2D eigenvalue weighted by Gasteiger charge is -2.14. The fraction of sp³-hybridized carbons (Fsp3) is 0.870. The molecule has 0 aromatic rings. The maximum atomic E-state index is 11.6. The van der Waals surface area contributed by atoms with Crippen molar-refractivity contribution < 1.29 is 14.6 Å². The molecular formula is C23H45NO3. The van der Waals surface area contributed by atoms with E-state index >= 15 is 0 Å². The van der Waals surface area contributed by atoms with Gasteiger partial charge < -0.3 is 14.7 Å². The number of carbonyl (C=O) groups is 1. The Morgan fingerprint density at radius 3 is 2.00 bits per heavy atom. The van der Waals surface area contributed by atoms with E-state index in [4.69, 9.17) is 9.84 Å². The molecule has 4 nitrogen and oxygen atoms in total. The molecule has 27 heavy (non-hydrogen) atoms. The minimum atomic E-state index is -0.0926. The van der Waals surface area contributed by atoms with Crippen molar-refractivity contribution in [2.24, 2.45) is 0 Å². The number of nitrogens with zero attached hydrogens (tertiary/aromatic N) is 1. The van der Waals surface area contributed by atoms with Gasteiger partial charge in [-0.05, 0) is 39.2 Å². The summed E-state index contributed by atoms with van der Waals surface area (Å²) in [5, 5.41) is 8.79. The number of unbranched alkanes of at least 4 members (excludes halogenated alkanes) is 11. The monoisotopic (exact) mass is 383 g/mol. The SMILES string of the molecule is CCCCCCCCC=CCCCCCCCC(=O)OCCN(C)CCO. The number of hydrogen-bond acceptors (Lipinski definition) is 4. The van der Waals surface area contributed by atoms with E-state index in [9.17, 15) is 4.79 Å². The van der Waals surface area contributed by atoms with E-state index < -0.39 is 0 Å². The molecule has 0 atom stereocenters. The van der Waals surface area contributed by atoms with Gasteiger partial charge in [0.15, 0.2) is 0 Å². The van der Waals surface area contributed by atoms with Gasteiger partial charge in [-0.3, -0.25) is 4.79 Å². The number of ether oxygens (including phenoxy) is 1. The molecule has 0 aromatic heterocycles. The maximum Gasteiger partial charge on any atom is 0.305 e. The molecular weight excluding hydrogens is 338 g/mol. The highest BCUT2D eigenvalue weighted by Crippen LogP contribution is 2.10. The molecule has 0 spiro atoms. The van der Waals surface area contributed by atoms with E-state index in [0.717, 1.165) is 12.8 Å². The van der Waals surface area contributed by atoms with Crippen molar-refractivity contribution in [2.45, 2.75) is 96.8 Å². The van der Waals surface area contributed by atoms with Gasteiger partial charge in [-0.15, -0.1) is 0 Å². The number of carbonyl (C=O) groups excluding carboxylic acids is 1. The number of likely N-dealkylation sites (N-methyl/N-ethyl adjacent to an activating group) is 1. The van der Waals surface area contributed by atoms with E-state index in [1.54, 1.807) is 0 Å². The molecule has 1 N–H and O–H groups in total. The van der Waals surface area contributed by atoms with Gasteiger partial charge in [-0.2, -0.15) is 0 Å². The first-order chi connectivity index (χ1) is 13.2. The van der Waals surface area contributed by atoms with E-state index in [-0.39, 0.29) is 12.6 Å². The van der Waals surface area contributed by atoms with Crippen LogP contribution in [0.15, 0.2) is 12.2 Å². The first-order valence-corrected chi connectivity index (χ1v) is 11.3. The standard InChI is InChI=1S/C23H45NO3/c1-3-4-5-6-7-8-9-10-11-12-13-14-15-16-17-18-23(26)27-22-20-24(2)19-21-25/h10-11,25H,3-9,12-22H2,1-2H3. The number of aliphatic hydroxyl groups is 1. The fourth-order valence-electron chi connectivity index (χ4n) is 3.01. The maximum absolute atomic E-state index is 11.6. The third kappa shape index (κ3) is 21.3. The number of hydrogen-bond donors (Lipinski definition) is 1. The lowest BCUT2D eigenvalue weighted by Crippen LogP contribution is -2.27. The Morgan fingerprint density at radius 2 is 1.41 bits per heavy atom. The number of allylic oxidation sites excluding steroid dienone is 2. The molecule has 0 saturated carbocycles. The molecule has 4 heteroatoms. The van der Waals surface area contributed by atoms with Crippen LogP contribution >= 0.6 is 0 Å². The largest absolute Gasteiger partial charge is 0.464 e. The number of aliphatic hydroxyl groups excluding tert-OH is 1. The Balaban J connectivity index is 3.25. The van der Waals surface area contributed by atoms with Gasteiger partial charge in [-0.25, -0.2) is 0 Å². The molecule has 0 saturated heterocycles. The first-order valence-electron chi connectivity index (χ1n) is 11.3. The molecule has 0 aliphatic carbocycles. The van der Waals surface area contributed by atoms with Crippen LogP contribution in [0.2, 0.25) is 0 Å². The van der Waals surface area contributed by atoms with Gasteiger partial charge in [0.05, 0.1) is 6.61 Å². The molecule has 0 aromatic carbocycles. The summed E-state index contributed by atoms with van der Waals surface area (Å²) in [6.45, 7) is 4.11. The molecule has 0 rings (SSSR count). The zero-order valence-corrected chi connectivity index (χ0v) is 18.1. The van der Waals surface area contributed by atoms with Gasteiger partial charge in [0.2, 0.25) is 0 Å². The summed E-state index contributed by atoms with van der Waals surface area (Å²) in [7, 11) is 1.91. The summed E-state index contributed by atoms with van der Waals surface area (Å²) in [6, 6.07) is 0. The second-order valence-corrected chi connectivity index (χ2v) is 7.58. The van der Waals surface area contributed by atoms with Gasteiger partial charge in [0, 0.05) is 19.5 Å². The topological polar surface area (TPSA) is 49.8 Å². The third-order valence-corrected chi connectivity index (χ3v) is 4.86. The van der Waals surface area contributed by atoms with Gasteiger partial charge in [-0.1, -0.05) is 70.4 Å². The van der Waals surface area contributed by atoms with Crippen LogP contribution in [-0.2, 0) is 9.53 Å². The van der Waals surface area contributed by atoms with Gasteiger partial charge in [0.25, 0.3) is 0 Å². The molecule has 0 unspecified atom stereocenters. The second kappa shape index (κ2) is 21.4. The highest BCUT2D eigenvalue weighted by atomic mass is 16.5. The van der Waals surface area contributed by atoms with E-state index in [0.29, 0.717) is 26.1 Å². The van der Waals surface area contributed by atoms with Crippen molar-refractivity contribution in [3.63, 3.8) is 0 Å². The number of esters is 1. The molecule has 0 aliphatic heterocycles. The summed E-state index contributed by atoms with van der Waals surface area (Å²) in [4.78, 5) is 13.6. The van der Waals surface area contributed by atoms with Crippen LogP contribution in [0, 0.1) is 0 Å². The van der Waals surface area contributed by atoms with Crippen molar-refractivity contribution in [3.8, 4) is 0 Å². The van der Waals surface area contributed by atoms with Crippen LogP contribution < -0.4 is 0 Å². The van der Waals surface area contributed by atoms with Crippen LogP contribution in [0.4, 0.5) is 0 Å². The molecule has 0 heterocycles. The summed E-state index contributed by atoms with van der Waals surface area (Å²) >= 11 is 0. The Hall–Kier alpha value is -0.870. The van der Waals surface area contributed by atoms with Crippen molar-refractivity contribution in [2.75, 3.05) is 33.4 Å². The van der Waals surface area contributed by atoms with Crippen LogP contribution in [0.3, 0.4) is 0 Å². The highest BCUT2D eigenvalue weighted by Gasteiger charge is 2.03. The minimum Gasteiger partial charge on any atom is -0.464 e. The van der Waals surface area contributed by atoms with Gasteiger partial charge >= 0.3 is 5.97 Å². The van der Waals surface area contributed by atoms with E-state index in [1.165, 1.54) is 70.6 Å². The molecule has 0 amide bonds. The average molecular weight is 384 g/mol. The fourth-order valence-corrected chi connectivity index (χ4v) is 3.01. The molecule has 0 aliphatic rings. The normalized spacial score (nSPS) is 11.6. The molecule has 0 bridgehead atoms. The van der Waals surface area contributed by atoms with Crippen LogP contribution in [-0.4, -0.2) is 49.3 Å². The second-order valence-electron chi connectivity index (χ2n) is 7.58. The van der Waals surface area contributed by atoms with Crippen LogP contribution in [0.5, 0.6) is 0 Å². The Morgan fingerprint density at radius 1 is 0.852 bits per heavy atom. The van der Waals surface area contributed by atoms with Crippen molar-refractivity contribution in [3.05, 3.63) is 12.2 Å². The van der Waals surface area contributed by atoms with E-state index in [2.05, 4.69) is 19.1 Å². The quantitative estimate of drug-likeness (QED) is 0.171. The Labute approximate surface area is 168 Å². The molecule has 160 valence electrons. The Kier molecular flexibility index (Phi) is 20.7. The smallest absolute Gasteiger partial charge is 0.305 e. The lowest BCUT2D eigenvalue weighted by atomic mass is 10.1. The zero-order valence-electron chi connectivity index (χ0n) is 18.1. The zero-order chi connectivity index (χ0) is 20.0. The summed E-state index contributed by atoms with van der Waals surface area (Å²) in [6.07, 6.45) is 21.7. The molecule has 0 radical (unpaired) electrons. The Bertz CT molecular complexity index is 345. The predicted molar refractivity (Wildman–Crippen MR) is 115 cm³/mol. The van der Waals surface area contributed by atoms with Crippen LogP contribution in [0.1, 0.15) is 96.8 Å². The van der Waals surface area contributed by atoms with Crippen LogP contribution in [0.25, 0.3) is 0 Å². The first kappa shape index (κ1) is 26.1. The third-order valence-electron chi connectivity index (χ3n) is 4.86. The lowest BCUT2D eigenvalue weighted by molar-refractivity contribution is -0.144. The minimum absolute atomic E-state index is 0.0926. The predicted octanol–water partition coefficient (Wildman–Crippen LogP) is 5.49. The van der Waals surface area contributed by atoms with E-state index in [1.807, 2.05) is 11.9 Å². The average Bonchev–Trinajstić information content (AvgIpc) is 2.65. The van der Waals surface area contributed by atoms with Gasteiger partial charge in [0.1, 0.15) is 6.61 Å². The molecule has 0 fully saturated rings. The van der Waals surface area contributed by atoms with Crippen molar-refractivity contribution >= 4 is 5.97 Å². The van der Waals surface area contributed by atoms with Crippen molar-refractivity contribution in [1.29, 1.82) is 0 Å². The summed E-state index contributed by atoms with van der Waals surface area (Å²) in [5.74, 6) is -0.0926. The van der Waals surface area contributed by atoms with Crippen molar-refractivity contribution in [1.82, 2.24) is 4.90 Å². The number of rotatable bonds is 20. The summed E-state index contributed by atoms with van der Waals surface area (Å²) < 4.78 is 5.21.